The SMILES string of the molecule is CC(C)(C)CNc1c(C#N)cnc2c(C#N)cc(N[C@H](C3=CN([C@@H]4C[C@@H]4F)NN3)c3cccc4cnccc34)cc12. The van der Waals surface area contributed by atoms with Gasteiger partial charge >= 0.3 is 0 Å². The molecule has 0 radical (unpaired) electrons. The Balaban J connectivity index is 1.48. The molecule has 3 atom stereocenters. The predicted octanol–water partition coefficient (Wildman–Crippen LogP) is 5.41. The van der Waals surface area contributed by atoms with E-state index in [9.17, 15) is 14.9 Å². The van der Waals surface area contributed by atoms with Gasteiger partial charge in [-0.3, -0.25) is 15.0 Å². The van der Waals surface area contributed by atoms with Gasteiger partial charge in [0.1, 0.15) is 18.3 Å². The molecule has 1 aliphatic heterocycles. The third kappa shape index (κ3) is 5.18. The van der Waals surface area contributed by atoms with Crippen molar-refractivity contribution in [2.75, 3.05) is 17.2 Å². The van der Waals surface area contributed by atoms with Gasteiger partial charge in [-0.1, -0.05) is 39.0 Å². The van der Waals surface area contributed by atoms with Gasteiger partial charge in [0.2, 0.25) is 0 Å². The van der Waals surface area contributed by atoms with Gasteiger partial charge in [0, 0.05) is 54.2 Å². The summed E-state index contributed by atoms with van der Waals surface area (Å²) in [5.74, 6) is 0. The van der Waals surface area contributed by atoms with Gasteiger partial charge in [-0.15, -0.1) is 5.53 Å². The largest absolute Gasteiger partial charge is 0.383 e. The molecule has 4 N–H and O–H groups in total. The van der Waals surface area contributed by atoms with E-state index in [1.165, 1.54) is 6.20 Å². The summed E-state index contributed by atoms with van der Waals surface area (Å²) in [6.07, 6.45) is 6.59. The van der Waals surface area contributed by atoms with E-state index in [1.807, 2.05) is 42.7 Å². The fraction of sp³-hybridized carbons (Fsp3) is 0.290. The van der Waals surface area contributed by atoms with Gasteiger partial charge in [0.15, 0.2) is 0 Å². The molecule has 10 heteroatoms. The van der Waals surface area contributed by atoms with Gasteiger partial charge in [-0.25, -0.2) is 4.39 Å². The van der Waals surface area contributed by atoms with Crippen LogP contribution in [0.3, 0.4) is 0 Å². The Labute approximate surface area is 237 Å². The molecule has 41 heavy (non-hydrogen) atoms. The zero-order chi connectivity index (χ0) is 28.7. The maximum absolute atomic E-state index is 13.9. The Bertz CT molecular complexity index is 1760. The van der Waals surface area contributed by atoms with Crippen molar-refractivity contribution in [2.24, 2.45) is 5.41 Å². The molecule has 0 amide bonds. The minimum Gasteiger partial charge on any atom is -0.383 e. The van der Waals surface area contributed by atoms with E-state index in [-0.39, 0.29) is 11.5 Å². The van der Waals surface area contributed by atoms with Crippen LogP contribution >= 0.6 is 0 Å². The van der Waals surface area contributed by atoms with Gasteiger partial charge in [0.25, 0.3) is 0 Å². The van der Waals surface area contributed by atoms with Crippen LogP contribution in [0, 0.1) is 28.1 Å². The summed E-state index contributed by atoms with van der Waals surface area (Å²) in [6.45, 7) is 6.96. The second kappa shape index (κ2) is 10.2. The normalized spacial score (nSPS) is 18.8. The minimum atomic E-state index is -0.866. The van der Waals surface area contributed by atoms with Crippen molar-refractivity contribution in [3.8, 4) is 12.1 Å². The van der Waals surface area contributed by atoms with Crippen LogP contribution < -0.4 is 21.6 Å². The third-order valence-electron chi connectivity index (χ3n) is 7.30. The first-order valence-electron chi connectivity index (χ1n) is 13.5. The standard InChI is InChI=1S/C31H30FN9/c1-31(2,3)17-37-29-20(13-34)15-36-28-19(12-33)9-21(10-24(28)29)38-30(26-16-41(40-39-26)27-11-25(27)32)23-6-4-5-18-14-35-8-7-22(18)23/h4-10,14-16,25,27,30,38-40H,11,17H2,1-3H3,(H,36,37)/t25-,27+,30-/m0/s1. The Morgan fingerprint density at radius 2 is 1.93 bits per heavy atom. The second-order valence-electron chi connectivity index (χ2n) is 11.7. The highest BCUT2D eigenvalue weighted by atomic mass is 19.1. The van der Waals surface area contributed by atoms with E-state index in [0.29, 0.717) is 46.4 Å². The first-order chi connectivity index (χ1) is 19.8. The molecule has 2 aromatic heterocycles. The molecule has 1 aliphatic carbocycles. The van der Waals surface area contributed by atoms with Crippen molar-refractivity contribution in [3.63, 3.8) is 0 Å². The fourth-order valence-corrected chi connectivity index (χ4v) is 5.10. The maximum atomic E-state index is 13.9. The van der Waals surface area contributed by atoms with E-state index < -0.39 is 12.2 Å². The monoisotopic (exact) mass is 547 g/mol. The number of nitrogens with zero attached hydrogens (tertiary/aromatic N) is 5. The quantitative estimate of drug-likeness (QED) is 0.240. The van der Waals surface area contributed by atoms with E-state index in [1.54, 1.807) is 17.3 Å². The summed E-state index contributed by atoms with van der Waals surface area (Å²) < 4.78 is 13.9. The molecule has 1 saturated carbocycles. The van der Waals surface area contributed by atoms with Crippen molar-refractivity contribution in [3.05, 3.63) is 83.6 Å². The van der Waals surface area contributed by atoms with Crippen LogP contribution in [-0.4, -0.2) is 33.7 Å². The van der Waals surface area contributed by atoms with Crippen LogP contribution in [0.25, 0.3) is 21.7 Å². The number of halogens is 1. The molecular formula is C31H30FN9. The number of nitrogens with one attached hydrogen (secondary N) is 4. The van der Waals surface area contributed by atoms with Crippen LogP contribution in [-0.2, 0) is 0 Å². The van der Waals surface area contributed by atoms with E-state index >= 15 is 0 Å². The van der Waals surface area contributed by atoms with Gasteiger partial charge in [-0.2, -0.15) is 10.5 Å². The predicted molar refractivity (Wildman–Crippen MR) is 157 cm³/mol. The number of benzene rings is 2. The number of hydrazine groups is 2. The molecule has 3 heterocycles. The lowest BCUT2D eigenvalue weighted by Crippen LogP contribution is -2.39. The first kappa shape index (κ1) is 26.3. The van der Waals surface area contributed by atoms with Crippen LogP contribution in [0.15, 0.2) is 66.9 Å². The molecule has 0 bridgehead atoms. The molecule has 1 fully saturated rings. The lowest BCUT2D eigenvalue weighted by Gasteiger charge is -2.24. The molecule has 2 aliphatic rings. The third-order valence-corrected chi connectivity index (χ3v) is 7.30. The van der Waals surface area contributed by atoms with Gasteiger partial charge in [-0.05, 0) is 34.6 Å². The van der Waals surface area contributed by atoms with Gasteiger partial charge in [0.05, 0.1) is 40.1 Å². The number of aromatic nitrogens is 2. The maximum Gasteiger partial charge on any atom is 0.124 e. The Kier molecular flexibility index (Phi) is 6.56. The summed E-state index contributed by atoms with van der Waals surface area (Å²) in [5.41, 5.74) is 10.7. The Hall–Kier alpha value is -4.93. The minimum absolute atomic E-state index is 0.0375. The Morgan fingerprint density at radius 1 is 1.12 bits per heavy atom. The molecule has 206 valence electrons. The average molecular weight is 548 g/mol. The number of fused-ring (bicyclic) bond motifs is 2. The molecule has 9 nitrogen and oxygen atoms in total. The lowest BCUT2D eigenvalue weighted by molar-refractivity contribution is 0.236. The number of pyridine rings is 2. The molecule has 4 aromatic rings. The topological polar surface area (TPSA) is 125 Å². The highest BCUT2D eigenvalue weighted by molar-refractivity contribution is 5.99. The molecule has 0 saturated heterocycles. The van der Waals surface area contributed by atoms with Crippen molar-refractivity contribution in [1.82, 2.24) is 25.9 Å². The second-order valence-corrected chi connectivity index (χ2v) is 11.7. The zero-order valence-corrected chi connectivity index (χ0v) is 23.0. The Morgan fingerprint density at radius 3 is 2.66 bits per heavy atom. The summed E-state index contributed by atoms with van der Waals surface area (Å²) in [7, 11) is 0. The van der Waals surface area contributed by atoms with E-state index in [4.69, 9.17) is 0 Å². The molecule has 0 unspecified atom stereocenters. The number of rotatable bonds is 7. The number of nitriles is 2. The molecule has 6 rings (SSSR count). The number of anilines is 2. The van der Waals surface area contributed by atoms with Crippen LogP contribution in [0.5, 0.6) is 0 Å². The smallest absolute Gasteiger partial charge is 0.124 e. The number of hydrogen-bond acceptors (Lipinski definition) is 9. The zero-order valence-electron chi connectivity index (χ0n) is 23.0. The fourth-order valence-electron chi connectivity index (χ4n) is 5.10. The molecule has 2 aromatic carbocycles. The van der Waals surface area contributed by atoms with Crippen LogP contribution in [0.2, 0.25) is 0 Å². The number of alkyl halides is 1. The lowest BCUT2D eigenvalue weighted by atomic mass is 9.96. The molecule has 0 spiro atoms. The average Bonchev–Trinajstić information content (AvgIpc) is 3.50. The summed E-state index contributed by atoms with van der Waals surface area (Å²) >= 11 is 0. The van der Waals surface area contributed by atoms with Crippen molar-refractivity contribution in [2.45, 2.75) is 45.4 Å². The van der Waals surface area contributed by atoms with Crippen LogP contribution in [0.1, 0.15) is 49.9 Å². The van der Waals surface area contributed by atoms with Crippen molar-refractivity contribution >= 4 is 33.1 Å². The number of hydrogen-bond donors (Lipinski definition) is 4. The summed E-state index contributed by atoms with van der Waals surface area (Å²) in [6, 6.07) is 15.6. The van der Waals surface area contributed by atoms with Crippen LogP contribution in [0.4, 0.5) is 15.8 Å². The summed E-state index contributed by atoms with van der Waals surface area (Å²) in [4.78, 5) is 8.75. The van der Waals surface area contributed by atoms with Gasteiger partial charge < -0.3 is 16.1 Å². The van der Waals surface area contributed by atoms with Crippen molar-refractivity contribution < 1.29 is 4.39 Å². The van der Waals surface area contributed by atoms with E-state index in [0.717, 1.165) is 22.0 Å². The van der Waals surface area contributed by atoms with Crippen molar-refractivity contribution in [1.29, 1.82) is 10.5 Å². The highest BCUT2D eigenvalue weighted by Crippen LogP contribution is 2.38. The highest BCUT2D eigenvalue weighted by Gasteiger charge is 2.43. The van der Waals surface area contributed by atoms with E-state index in [2.05, 4.69) is 64.5 Å². The summed E-state index contributed by atoms with van der Waals surface area (Å²) in [5, 5.41) is 31.5. The molecular weight excluding hydrogens is 517 g/mol. The first-order valence-corrected chi connectivity index (χ1v) is 13.5.